The Kier molecular flexibility index (Phi) is 7.64. The van der Waals surface area contributed by atoms with E-state index in [2.05, 4.69) is 5.32 Å². The zero-order valence-electron chi connectivity index (χ0n) is 17.4. The number of carbonyl (C=O) groups is 1. The van der Waals surface area contributed by atoms with Crippen molar-refractivity contribution in [2.45, 2.75) is 44.4 Å². The average molecular weight is 421 g/mol. The van der Waals surface area contributed by atoms with Gasteiger partial charge in [-0.05, 0) is 62.7 Å². The van der Waals surface area contributed by atoms with Gasteiger partial charge in [-0.15, -0.1) is 0 Å². The normalized spacial score (nSPS) is 12.7. The molecule has 0 aliphatic heterocycles. The number of nitrogens with zero attached hydrogens (tertiary/aromatic N) is 1. The Morgan fingerprint density at radius 2 is 1.55 bits per heavy atom. The summed E-state index contributed by atoms with van der Waals surface area (Å²) in [5.74, 6) is 0.912. The number of ether oxygens (including phenoxy) is 2. The summed E-state index contributed by atoms with van der Waals surface area (Å²) < 4.78 is 37.6. The second kappa shape index (κ2) is 9.76. The monoisotopic (exact) mass is 420 g/mol. The van der Waals surface area contributed by atoms with Gasteiger partial charge in [-0.2, -0.15) is 4.31 Å². The minimum Gasteiger partial charge on any atom is -0.497 e. The molecule has 0 fully saturated rings. The standard InChI is InChI=1S/C21H28N2O5S/c1-15(2)22-21(24)16(3)28-19-10-12-20(13-11-19)29(25,26)23(4)14-17-6-8-18(27-5)9-7-17/h6-13,15-16H,14H2,1-5H3,(H,22,24)/t16-/m0/s1. The van der Waals surface area contributed by atoms with Gasteiger partial charge >= 0.3 is 0 Å². The third-order valence-electron chi connectivity index (χ3n) is 4.21. The highest BCUT2D eigenvalue weighted by Crippen LogP contribution is 2.21. The van der Waals surface area contributed by atoms with Crippen LogP contribution in [0.15, 0.2) is 53.4 Å². The largest absolute Gasteiger partial charge is 0.497 e. The van der Waals surface area contributed by atoms with Gasteiger partial charge in [0.25, 0.3) is 5.91 Å². The molecular formula is C21H28N2O5S. The maximum Gasteiger partial charge on any atom is 0.260 e. The summed E-state index contributed by atoms with van der Waals surface area (Å²) in [5.41, 5.74) is 0.849. The van der Waals surface area contributed by atoms with Crippen molar-refractivity contribution < 1.29 is 22.7 Å². The lowest BCUT2D eigenvalue weighted by atomic mass is 10.2. The van der Waals surface area contributed by atoms with E-state index in [4.69, 9.17) is 9.47 Å². The van der Waals surface area contributed by atoms with E-state index in [9.17, 15) is 13.2 Å². The first kappa shape index (κ1) is 22.7. The highest BCUT2D eigenvalue weighted by atomic mass is 32.2. The minimum atomic E-state index is -3.66. The first-order valence-electron chi connectivity index (χ1n) is 9.30. The number of benzene rings is 2. The molecule has 0 heterocycles. The Morgan fingerprint density at radius 3 is 2.07 bits per heavy atom. The molecule has 0 aliphatic rings. The van der Waals surface area contributed by atoms with Crippen molar-refractivity contribution in [1.29, 1.82) is 0 Å². The van der Waals surface area contributed by atoms with Gasteiger partial charge in [0.15, 0.2) is 6.10 Å². The summed E-state index contributed by atoms with van der Waals surface area (Å²) in [4.78, 5) is 12.1. The number of nitrogens with one attached hydrogen (secondary N) is 1. The van der Waals surface area contributed by atoms with E-state index in [0.29, 0.717) is 11.5 Å². The van der Waals surface area contributed by atoms with Gasteiger partial charge in [-0.25, -0.2) is 8.42 Å². The van der Waals surface area contributed by atoms with Crippen molar-refractivity contribution in [2.24, 2.45) is 0 Å². The molecule has 0 saturated heterocycles. The van der Waals surface area contributed by atoms with Crippen LogP contribution in [0.1, 0.15) is 26.3 Å². The lowest BCUT2D eigenvalue weighted by Crippen LogP contribution is -2.40. The average Bonchev–Trinajstić information content (AvgIpc) is 2.68. The fraction of sp³-hybridized carbons (Fsp3) is 0.381. The fourth-order valence-corrected chi connectivity index (χ4v) is 3.76. The SMILES string of the molecule is COc1ccc(CN(C)S(=O)(=O)c2ccc(O[C@@H](C)C(=O)NC(C)C)cc2)cc1. The second-order valence-corrected chi connectivity index (χ2v) is 9.05. The molecular weight excluding hydrogens is 392 g/mol. The lowest BCUT2D eigenvalue weighted by molar-refractivity contribution is -0.127. The molecule has 0 bridgehead atoms. The molecule has 0 aliphatic carbocycles. The molecule has 1 amide bonds. The maximum atomic E-state index is 12.8. The molecule has 158 valence electrons. The third kappa shape index (κ3) is 6.20. The van der Waals surface area contributed by atoms with Crippen LogP contribution >= 0.6 is 0 Å². The minimum absolute atomic E-state index is 0.0160. The molecule has 0 radical (unpaired) electrons. The van der Waals surface area contributed by atoms with Crippen LogP contribution in [-0.4, -0.2) is 44.9 Å². The van der Waals surface area contributed by atoms with Crippen LogP contribution in [0.4, 0.5) is 0 Å². The quantitative estimate of drug-likeness (QED) is 0.674. The van der Waals surface area contributed by atoms with Gasteiger partial charge in [0.1, 0.15) is 11.5 Å². The number of carbonyl (C=O) groups excluding carboxylic acids is 1. The van der Waals surface area contributed by atoms with Crippen LogP contribution < -0.4 is 14.8 Å². The van der Waals surface area contributed by atoms with Crippen molar-refractivity contribution in [1.82, 2.24) is 9.62 Å². The maximum absolute atomic E-state index is 12.8. The van der Waals surface area contributed by atoms with E-state index >= 15 is 0 Å². The van der Waals surface area contributed by atoms with Gasteiger partial charge in [0.05, 0.1) is 12.0 Å². The van der Waals surface area contributed by atoms with Crippen LogP contribution in [0, 0.1) is 0 Å². The summed E-state index contributed by atoms with van der Waals surface area (Å²) in [5, 5.41) is 2.77. The number of amides is 1. The van der Waals surface area contributed by atoms with Crippen LogP contribution in [-0.2, 0) is 21.4 Å². The molecule has 7 nitrogen and oxygen atoms in total. The molecule has 0 aromatic heterocycles. The summed E-state index contributed by atoms with van der Waals surface area (Å²) in [6.45, 7) is 5.61. The Labute approximate surface area is 172 Å². The van der Waals surface area contributed by atoms with E-state index in [1.807, 2.05) is 26.0 Å². The molecule has 2 aromatic carbocycles. The lowest BCUT2D eigenvalue weighted by Gasteiger charge is -2.19. The van der Waals surface area contributed by atoms with Crippen molar-refractivity contribution >= 4 is 15.9 Å². The Hall–Kier alpha value is -2.58. The van der Waals surface area contributed by atoms with Crippen molar-refractivity contribution in [3.05, 3.63) is 54.1 Å². The van der Waals surface area contributed by atoms with Crippen molar-refractivity contribution in [3.63, 3.8) is 0 Å². The van der Waals surface area contributed by atoms with Crippen LogP contribution in [0.2, 0.25) is 0 Å². The number of hydrogen-bond donors (Lipinski definition) is 1. The third-order valence-corrected chi connectivity index (χ3v) is 6.03. The Bertz CT molecular complexity index is 909. The summed E-state index contributed by atoms with van der Waals surface area (Å²) in [6, 6.07) is 13.3. The van der Waals surface area contributed by atoms with Crippen LogP contribution in [0.5, 0.6) is 11.5 Å². The highest BCUT2D eigenvalue weighted by molar-refractivity contribution is 7.89. The molecule has 1 N–H and O–H groups in total. The number of rotatable bonds is 9. The predicted octanol–water partition coefficient (Wildman–Crippen LogP) is 2.81. The summed E-state index contributed by atoms with van der Waals surface area (Å²) in [7, 11) is -0.553. The van der Waals surface area contributed by atoms with Crippen LogP contribution in [0.25, 0.3) is 0 Å². The van der Waals surface area contributed by atoms with Gasteiger partial charge in [0.2, 0.25) is 10.0 Å². The van der Waals surface area contributed by atoms with E-state index in [1.165, 1.54) is 23.5 Å². The van der Waals surface area contributed by atoms with Crippen molar-refractivity contribution in [3.8, 4) is 11.5 Å². The number of hydrogen-bond acceptors (Lipinski definition) is 5. The summed E-state index contributed by atoms with van der Waals surface area (Å²) in [6.07, 6.45) is -0.683. The molecule has 1 atom stereocenters. The second-order valence-electron chi connectivity index (χ2n) is 7.00. The zero-order chi connectivity index (χ0) is 21.6. The van der Waals surface area contributed by atoms with E-state index in [1.54, 1.807) is 38.3 Å². The molecule has 2 aromatic rings. The first-order chi connectivity index (χ1) is 13.6. The first-order valence-corrected chi connectivity index (χ1v) is 10.7. The smallest absolute Gasteiger partial charge is 0.260 e. The molecule has 29 heavy (non-hydrogen) atoms. The number of methoxy groups -OCH3 is 1. The molecule has 0 unspecified atom stereocenters. The van der Waals surface area contributed by atoms with Gasteiger partial charge in [0, 0.05) is 19.6 Å². The van der Waals surface area contributed by atoms with Gasteiger partial charge in [-0.1, -0.05) is 12.1 Å². The Balaban J connectivity index is 2.05. The highest BCUT2D eigenvalue weighted by Gasteiger charge is 2.21. The molecule has 8 heteroatoms. The molecule has 2 rings (SSSR count). The Morgan fingerprint density at radius 1 is 1.00 bits per heavy atom. The molecule has 0 saturated carbocycles. The van der Waals surface area contributed by atoms with Gasteiger partial charge < -0.3 is 14.8 Å². The van der Waals surface area contributed by atoms with E-state index in [-0.39, 0.29) is 23.4 Å². The van der Waals surface area contributed by atoms with Gasteiger partial charge in [-0.3, -0.25) is 4.79 Å². The van der Waals surface area contributed by atoms with Crippen molar-refractivity contribution in [2.75, 3.05) is 14.2 Å². The summed E-state index contributed by atoms with van der Waals surface area (Å²) >= 11 is 0. The topological polar surface area (TPSA) is 84.9 Å². The number of sulfonamides is 1. The van der Waals surface area contributed by atoms with Crippen LogP contribution in [0.3, 0.4) is 0 Å². The zero-order valence-corrected chi connectivity index (χ0v) is 18.2. The van der Waals surface area contributed by atoms with E-state index in [0.717, 1.165) is 5.56 Å². The fourth-order valence-electron chi connectivity index (χ4n) is 2.60. The van der Waals surface area contributed by atoms with E-state index < -0.39 is 16.1 Å². The molecule has 0 spiro atoms. The predicted molar refractivity (Wildman–Crippen MR) is 111 cm³/mol.